The van der Waals surface area contributed by atoms with Gasteiger partial charge in [0.05, 0.1) is 12.9 Å². The number of nitrogens with one attached hydrogen (secondary N) is 1. The van der Waals surface area contributed by atoms with Gasteiger partial charge in [-0.2, -0.15) is 0 Å². The summed E-state index contributed by atoms with van der Waals surface area (Å²) in [5.41, 5.74) is 0. The van der Waals surface area contributed by atoms with Gasteiger partial charge in [-0.25, -0.2) is 0 Å². The molecule has 4 aliphatic rings. The van der Waals surface area contributed by atoms with Gasteiger partial charge < -0.3 is 14.5 Å². The average Bonchev–Trinajstić information content (AvgIpc) is 3.34. The van der Waals surface area contributed by atoms with Crippen LogP contribution in [0.3, 0.4) is 0 Å². The fraction of sp³-hybridized carbons (Fsp3) is 0.750. The Bertz CT molecular complexity index is 591. The number of carbonyl (C=O) groups is 1. The number of furan rings is 1. The van der Waals surface area contributed by atoms with Gasteiger partial charge in [0.25, 0.3) is 5.91 Å². The van der Waals surface area contributed by atoms with Gasteiger partial charge in [0.15, 0.2) is 5.76 Å². The highest BCUT2D eigenvalue weighted by Crippen LogP contribution is 2.37. The van der Waals surface area contributed by atoms with Crippen LogP contribution < -0.4 is 5.32 Å². The van der Waals surface area contributed by atoms with E-state index in [4.69, 9.17) is 9.15 Å². The van der Waals surface area contributed by atoms with Crippen LogP contribution >= 0.6 is 0 Å². The van der Waals surface area contributed by atoms with Gasteiger partial charge in [0, 0.05) is 38.8 Å². The second-order valence-electron chi connectivity index (χ2n) is 8.13. The quantitative estimate of drug-likeness (QED) is 0.803. The normalized spacial score (nSPS) is 34.3. The highest BCUT2D eigenvalue weighted by Gasteiger charge is 2.41. The molecule has 0 aliphatic carbocycles. The van der Waals surface area contributed by atoms with Crippen LogP contribution in [0.5, 0.6) is 0 Å². The van der Waals surface area contributed by atoms with E-state index in [1.165, 1.54) is 51.9 Å². The molecule has 5 rings (SSSR count). The van der Waals surface area contributed by atoms with Gasteiger partial charge in [0.1, 0.15) is 0 Å². The van der Waals surface area contributed by atoms with Crippen LogP contribution in [0.2, 0.25) is 0 Å². The van der Waals surface area contributed by atoms with Crippen molar-refractivity contribution >= 4 is 5.91 Å². The molecule has 5 atom stereocenters. The number of carbonyl (C=O) groups excluding carboxylic acids is 1. The summed E-state index contributed by atoms with van der Waals surface area (Å²) in [6, 6.07) is 4.54. The van der Waals surface area contributed by atoms with Gasteiger partial charge in [-0.3, -0.25) is 14.6 Å². The second kappa shape index (κ2) is 8.11. The molecule has 0 radical (unpaired) electrons. The molecule has 0 aromatic carbocycles. The number of methoxy groups -OCH3 is 1. The number of hydrogen-bond acceptors (Lipinski definition) is 5. The summed E-state index contributed by atoms with van der Waals surface area (Å²) in [5, 5.41) is 3.05. The lowest BCUT2D eigenvalue weighted by Crippen LogP contribution is -2.58. The minimum absolute atomic E-state index is 0.103. The summed E-state index contributed by atoms with van der Waals surface area (Å²) >= 11 is 0. The van der Waals surface area contributed by atoms with Gasteiger partial charge in [0.2, 0.25) is 0 Å². The van der Waals surface area contributed by atoms with Crippen molar-refractivity contribution in [3.8, 4) is 0 Å². The molecule has 2 bridgehead atoms. The number of fused-ring (bicyclic) bond motifs is 3. The standard InChI is InChI=1S/C20H31N3O3/c1-25-14-17-4-2-7-22(17)12-16-13-23-8-6-15(16)10-18(23)11-21-20(24)19-5-3-9-26-19/h3,5,9,15-18H,2,4,6-8,10-14H2,1H3,(H,21,24). The molecule has 4 fully saturated rings. The molecular formula is C20H31N3O3. The zero-order valence-corrected chi connectivity index (χ0v) is 15.7. The summed E-state index contributed by atoms with van der Waals surface area (Å²) in [6.07, 6.45) is 6.62. The lowest BCUT2D eigenvalue weighted by atomic mass is 9.75. The monoisotopic (exact) mass is 361 g/mol. The number of hydrogen-bond donors (Lipinski definition) is 1. The minimum Gasteiger partial charge on any atom is -0.459 e. The fourth-order valence-electron chi connectivity index (χ4n) is 5.19. The van der Waals surface area contributed by atoms with Crippen molar-refractivity contribution in [3.63, 3.8) is 0 Å². The predicted octanol–water partition coefficient (Wildman–Crippen LogP) is 1.83. The molecule has 1 amide bonds. The second-order valence-corrected chi connectivity index (χ2v) is 8.13. The summed E-state index contributed by atoms with van der Waals surface area (Å²) in [4.78, 5) is 17.4. The molecule has 4 aliphatic heterocycles. The molecular weight excluding hydrogens is 330 g/mol. The van der Waals surface area contributed by atoms with Crippen LogP contribution in [-0.4, -0.2) is 74.2 Å². The zero-order valence-electron chi connectivity index (χ0n) is 15.7. The Morgan fingerprint density at radius 2 is 2.27 bits per heavy atom. The van der Waals surface area contributed by atoms with Crippen molar-refractivity contribution in [2.75, 3.05) is 46.4 Å². The molecule has 6 heteroatoms. The summed E-state index contributed by atoms with van der Waals surface area (Å²) in [6.45, 7) is 6.36. The van der Waals surface area contributed by atoms with E-state index >= 15 is 0 Å². The minimum atomic E-state index is -0.103. The molecule has 1 N–H and O–H groups in total. The number of nitrogens with zero attached hydrogens (tertiary/aromatic N) is 2. The molecule has 4 saturated heterocycles. The Labute approximate surface area is 155 Å². The van der Waals surface area contributed by atoms with E-state index in [0.717, 1.165) is 25.0 Å². The number of ether oxygens (including phenoxy) is 1. The van der Waals surface area contributed by atoms with Crippen LogP contribution in [0.1, 0.15) is 36.2 Å². The van der Waals surface area contributed by atoms with Crippen molar-refractivity contribution in [2.45, 2.75) is 37.8 Å². The van der Waals surface area contributed by atoms with Crippen molar-refractivity contribution in [1.29, 1.82) is 0 Å². The maximum absolute atomic E-state index is 12.1. The Kier molecular flexibility index (Phi) is 5.62. The van der Waals surface area contributed by atoms with Crippen LogP contribution in [0.15, 0.2) is 22.8 Å². The SMILES string of the molecule is COCC1CCCN1CC1CN2CCC1CC2CNC(=O)c1ccco1. The third-order valence-electron chi connectivity index (χ3n) is 6.58. The zero-order chi connectivity index (χ0) is 17.9. The number of amides is 1. The van der Waals surface area contributed by atoms with E-state index in [1.807, 2.05) is 7.11 Å². The van der Waals surface area contributed by atoms with Crippen LogP contribution in [0.25, 0.3) is 0 Å². The number of rotatable bonds is 7. The van der Waals surface area contributed by atoms with Gasteiger partial charge in [-0.1, -0.05) is 0 Å². The topological polar surface area (TPSA) is 58.0 Å². The Morgan fingerprint density at radius 1 is 1.35 bits per heavy atom. The first kappa shape index (κ1) is 18.0. The average molecular weight is 361 g/mol. The maximum Gasteiger partial charge on any atom is 0.287 e. The maximum atomic E-state index is 12.1. The molecule has 144 valence electrons. The van der Waals surface area contributed by atoms with E-state index in [9.17, 15) is 4.79 Å². The first-order valence-electron chi connectivity index (χ1n) is 10.0. The molecule has 1 aromatic rings. The molecule has 1 aromatic heterocycles. The Morgan fingerprint density at radius 3 is 3.00 bits per heavy atom. The van der Waals surface area contributed by atoms with Crippen molar-refractivity contribution in [1.82, 2.24) is 15.1 Å². The van der Waals surface area contributed by atoms with E-state index in [2.05, 4.69) is 15.1 Å². The first-order valence-corrected chi connectivity index (χ1v) is 10.0. The summed E-state index contributed by atoms with van der Waals surface area (Å²) in [7, 11) is 1.81. The van der Waals surface area contributed by atoms with E-state index < -0.39 is 0 Å². The highest BCUT2D eigenvalue weighted by molar-refractivity contribution is 5.91. The van der Waals surface area contributed by atoms with Gasteiger partial charge >= 0.3 is 0 Å². The van der Waals surface area contributed by atoms with Crippen LogP contribution in [0, 0.1) is 11.8 Å². The smallest absolute Gasteiger partial charge is 0.287 e. The number of piperidine rings is 3. The van der Waals surface area contributed by atoms with Crippen LogP contribution in [0.4, 0.5) is 0 Å². The molecule has 5 heterocycles. The van der Waals surface area contributed by atoms with Crippen molar-refractivity contribution in [2.24, 2.45) is 11.8 Å². The third-order valence-corrected chi connectivity index (χ3v) is 6.58. The molecule has 26 heavy (non-hydrogen) atoms. The fourth-order valence-corrected chi connectivity index (χ4v) is 5.19. The van der Waals surface area contributed by atoms with Crippen molar-refractivity contribution in [3.05, 3.63) is 24.2 Å². The molecule has 6 nitrogen and oxygen atoms in total. The summed E-state index contributed by atoms with van der Waals surface area (Å²) in [5.74, 6) is 1.85. The lowest BCUT2D eigenvalue weighted by Gasteiger charge is -2.51. The Balaban J connectivity index is 1.28. The molecule has 0 saturated carbocycles. The van der Waals surface area contributed by atoms with Crippen molar-refractivity contribution < 1.29 is 13.9 Å². The van der Waals surface area contributed by atoms with E-state index in [0.29, 0.717) is 17.8 Å². The van der Waals surface area contributed by atoms with E-state index in [1.54, 1.807) is 18.4 Å². The number of likely N-dealkylation sites (tertiary alicyclic amines) is 1. The Hall–Kier alpha value is -1.37. The largest absolute Gasteiger partial charge is 0.459 e. The first-order chi connectivity index (χ1) is 12.7. The third kappa shape index (κ3) is 3.82. The lowest BCUT2D eigenvalue weighted by molar-refractivity contribution is -0.0167. The highest BCUT2D eigenvalue weighted by atomic mass is 16.5. The molecule has 5 unspecified atom stereocenters. The van der Waals surface area contributed by atoms with Gasteiger partial charge in [-0.15, -0.1) is 0 Å². The van der Waals surface area contributed by atoms with E-state index in [-0.39, 0.29) is 5.91 Å². The van der Waals surface area contributed by atoms with Gasteiger partial charge in [-0.05, 0) is 62.7 Å². The van der Waals surface area contributed by atoms with Crippen LogP contribution in [-0.2, 0) is 4.74 Å². The molecule has 0 spiro atoms. The predicted molar refractivity (Wildman–Crippen MR) is 99.1 cm³/mol. The summed E-state index contributed by atoms with van der Waals surface area (Å²) < 4.78 is 10.6.